The van der Waals surface area contributed by atoms with Crippen LogP contribution in [0.5, 0.6) is 0 Å². The first-order valence-corrected chi connectivity index (χ1v) is 5.10. The van der Waals surface area contributed by atoms with E-state index in [1.807, 2.05) is 0 Å². The molecule has 68 valence electrons. The van der Waals surface area contributed by atoms with Gasteiger partial charge in [-0.3, -0.25) is 6.08 Å². The topological polar surface area (TPSA) is 0 Å². The van der Waals surface area contributed by atoms with E-state index in [9.17, 15) is 0 Å². The van der Waals surface area contributed by atoms with E-state index in [-0.39, 0.29) is 18.9 Å². The Bertz CT molecular complexity index is 315. The number of hydrogen-bond donors (Lipinski definition) is 0. The van der Waals surface area contributed by atoms with Gasteiger partial charge in [0.1, 0.15) is 0 Å². The van der Waals surface area contributed by atoms with E-state index in [1.54, 1.807) is 0 Å². The first-order valence-electron chi connectivity index (χ1n) is 5.10. The summed E-state index contributed by atoms with van der Waals surface area (Å²) in [7, 11) is 0. The Kier molecular flexibility index (Phi) is 4.52. The second-order valence-corrected chi connectivity index (χ2v) is 3.63. The van der Waals surface area contributed by atoms with Crippen LogP contribution >= 0.6 is 0 Å². The van der Waals surface area contributed by atoms with E-state index >= 15 is 0 Å². The van der Waals surface area contributed by atoms with E-state index in [1.165, 1.54) is 30.4 Å². The Morgan fingerprint density at radius 1 is 1.29 bits per heavy atom. The maximum absolute atomic E-state index is 3.43. The summed E-state index contributed by atoms with van der Waals surface area (Å²) in [5.74, 6) is 0.566. The first-order chi connectivity index (χ1) is 6.42. The van der Waals surface area contributed by atoms with E-state index in [4.69, 9.17) is 0 Å². The van der Waals surface area contributed by atoms with Gasteiger partial charge in [-0.2, -0.15) is 5.56 Å². The SMILES string of the molecule is CCCCC1[C-]=Cc2ccccc21.[Li+]. The van der Waals surface area contributed by atoms with Crippen LogP contribution in [0.4, 0.5) is 0 Å². The van der Waals surface area contributed by atoms with Gasteiger partial charge in [0.2, 0.25) is 0 Å². The van der Waals surface area contributed by atoms with Crippen molar-refractivity contribution in [3.63, 3.8) is 0 Å². The van der Waals surface area contributed by atoms with Crippen LogP contribution in [-0.2, 0) is 0 Å². The Labute approximate surface area is 98.6 Å². The summed E-state index contributed by atoms with van der Waals surface area (Å²) in [5.41, 5.74) is 2.83. The molecule has 0 N–H and O–H groups in total. The minimum atomic E-state index is 0. The zero-order chi connectivity index (χ0) is 9.10. The van der Waals surface area contributed by atoms with Crippen molar-refractivity contribution in [3.05, 3.63) is 41.5 Å². The molecule has 1 heteroatoms. The fourth-order valence-electron chi connectivity index (χ4n) is 1.89. The van der Waals surface area contributed by atoms with Crippen LogP contribution < -0.4 is 18.9 Å². The van der Waals surface area contributed by atoms with Gasteiger partial charge >= 0.3 is 18.9 Å². The molecule has 0 radical (unpaired) electrons. The Morgan fingerprint density at radius 3 is 2.86 bits per heavy atom. The van der Waals surface area contributed by atoms with E-state index in [0.717, 1.165) is 0 Å². The van der Waals surface area contributed by atoms with Crippen molar-refractivity contribution < 1.29 is 18.9 Å². The molecule has 0 amide bonds. The van der Waals surface area contributed by atoms with Crippen LogP contribution in [0.2, 0.25) is 0 Å². The minimum Gasteiger partial charge on any atom is -0.268 e. The van der Waals surface area contributed by atoms with Gasteiger partial charge in [0, 0.05) is 0 Å². The molecule has 14 heavy (non-hydrogen) atoms. The zero-order valence-corrected chi connectivity index (χ0v) is 9.09. The number of benzene rings is 1. The van der Waals surface area contributed by atoms with Gasteiger partial charge in [-0.25, -0.2) is 6.08 Å². The normalized spacial score (nSPS) is 17.6. The summed E-state index contributed by atoms with van der Waals surface area (Å²) >= 11 is 0. The average Bonchev–Trinajstić information content (AvgIpc) is 2.58. The van der Waals surface area contributed by atoms with Crippen molar-refractivity contribution in [2.75, 3.05) is 0 Å². The summed E-state index contributed by atoms with van der Waals surface area (Å²) in [4.78, 5) is 0. The van der Waals surface area contributed by atoms with E-state index < -0.39 is 0 Å². The fourth-order valence-corrected chi connectivity index (χ4v) is 1.89. The van der Waals surface area contributed by atoms with Crippen molar-refractivity contribution in [1.82, 2.24) is 0 Å². The summed E-state index contributed by atoms with van der Waals surface area (Å²) in [5, 5.41) is 0. The maximum atomic E-state index is 3.43. The maximum Gasteiger partial charge on any atom is 1.00 e. The largest absolute Gasteiger partial charge is 1.00 e. The number of fused-ring (bicyclic) bond motifs is 1. The number of allylic oxidation sites excluding steroid dienone is 1. The number of unbranched alkanes of at least 4 members (excludes halogenated alkanes) is 1. The monoisotopic (exact) mass is 178 g/mol. The average molecular weight is 178 g/mol. The Hall–Kier alpha value is -0.443. The van der Waals surface area contributed by atoms with Crippen molar-refractivity contribution in [2.24, 2.45) is 0 Å². The molecule has 0 bridgehead atoms. The molecule has 1 unspecified atom stereocenters. The first kappa shape index (κ1) is 11.6. The summed E-state index contributed by atoms with van der Waals surface area (Å²) in [6.07, 6.45) is 9.40. The molecule has 0 spiro atoms. The molecule has 1 atom stereocenters. The number of hydrogen-bond acceptors (Lipinski definition) is 0. The van der Waals surface area contributed by atoms with Crippen LogP contribution in [0.3, 0.4) is 0 Å². The quantitative estimate of drug-likeness (QED) is 0.474. The Balaban J connectivity index is 0.000000980. The third kappa shape index (κ3) is 2.32. The van der Waals surface area contributed by atoms with Crippen molar-refractivity contribution in [2.45, 2.75) is 32.1 Å². The van der Waals surface area contributed by atoms with Crippen LogP contribution in [0.1, 0.15) is 43.2 Å². The molecule has 0 fully saturated rings. The third-order valence-corrected chi connectivity index (χ3v) is 2.66. The van der Waals surface area contributed by atoms with Gasteiger partial charge in [0.25, 0.3) is 0 Å². The Morgan fingerprint density at radius 2 is 2.07 bits per heavy atom. The van der Waals surface area contributed by atoms with Gasteiger partial charge in [-0.1, -0.05) is 50.3 Å². The van der Waals surface area contributed by atoms with Gasteiger partial charge in [-0.05, 0) is 0 Å². The summed E-state index contributed by atoms with van der Waals surface area (Å²) in [6, 6.07) is 8.62. The van der Waals surface area contributed by atoms with Crippen molar-refractivity contribution in [3.8, 4) is 0 Å². The standard InChI is InChI=1S/C13H15.Li/c1-2-3-6-11-9-10-12-7-4-5-8-13(11)12;/h4-5,7-8,10-11H,2-3,6H2,1H3;/q-1;+1. The predicted octanol–water partition coefficient (Wildman–Crippen LogP) is 0.794. The molecule has 0 aliphatic heterocycles. The van der Waals surface area contributed by atoms with Crippen molar-refractivity contribution in [1.29, 1.82) is 0 Å². The second kappa shape index (κ2) is 5.44. The van der Waals surface area contributed by atoms with Crippen LogP contribution in [0, 0.1) is 6.08 Å². The van der Waals surface area contributed by atoms with Gasteiger partial charge in [0.05, 0.1) is 0 Å². The van der Waals surface area contributed by atoms with Gasteiger partial charge in [-0.15, -0.1) is 11.6 Å². The molecule has 0 nitrogen and oxygen atoms in total. The smallest absolute Gasteiger partial charge is 0.268 e. The molecule has 2 rings (SSSR count). The summed E-state index contributed by atoms with van der Waals surface area (Å²) < 4.78 is 0. The van der Waals surface area contributed by atoms with Crippen LogP contribution in [0.25, 0.3) is 6.08 Å². The molecule has 0 saturated carbocycles. The molecule has 1 aromatic rings. The van der Waals surface area contributed by atoms with Crippen LogP contribution in [-0.4, -0.2) is 0 Å². The molecule has 0 saturated heterocycles. The second-order valence-electron chi connectivity index (χ2n) is 3.63. The minimum absolute atomic E-state index is 0. The fraction of sp³-hybridized carbons (Fsp3) is 0.385. The molecule has 0 aromatic heterocycles. The van der Waals surface area contributed by atoms with Crippen LogP contribution in [0.15, 0.2) is 24.3 Å². The molecule has 1 aliphatic rings. The molecular formula is C13H15Li. The predicted molar refractivity (Wildman–Crippen MR) is 56.4 cm³/mol. The summed E-state index contributed by atoms with van der Waals surface area (Å²) in [6.45, 7) is 2.24. The molecule has 0 heterocycles. The number of rotatable bonds is 3. The molecule has 1 aliphatic carbocycles. The van der Waals surface area contributed by atoms with Crippen molar-refractivity contribution >= 4 is 6.08 Å². The van der Waals surface area contributed by atoms with E-state index in [2.05, 4.69) is 43.3 Å². The molecule has 1 aromatic carbocycles. The van der Waals surface area contributed by atoms with Gasteiger partial charge in [0.15, 0.2) is 0 Å². The molecular weight excluding hydrogens is 163 g/mol. The zero-order valence-electron chi connectivity index (χ0n) is 9.09. The van der Waals surface area contributed by atoms with Gasteiger partial charge < -0.3 is 0 Å². The third-order valence-electron chi connectivity index (χ3n) is 2.66. The van der Waals surface area contributed by atoms with E-state index in [0.29, 0.717) is 5.92 Å².